The summed E-state index contributed by atoms with van der Waals surface area (Å²) < 4.78 is 27.7. The Morgan fingerprint density at radius 1 is 1.33 bits per heavy atom. The average molecular weight is 271 g/mol. The fraction of sp³-hybridized carbons (Fsp3) is 0.500. The molecule has 1 fully saturated rings. The Balaban J connectivity index is 1.91. The summed E-state index contributed by atoms with van der Waals surface area (Å²) >= 11 is 0. The molecule has 1 aromatic carbocycles. The predicted molar refractivity (Wildman–Crippen MR) is 68.3 cm³/mol. The lowest BCUT2D eigenvalue weighted by Gasteiger charge is -2.14. The molecule has 18 heavy (non-hydrogen) atoms. The number of methoxy groups -OCH3 is 1. The Kier molecular flexibility index (Phi) is 3.89. The first-order valence-corrected chi connectivity index (χ1v) is 7.57. The summed E-state index contributed by atoms with van der Waals surface area (Å²) in [6, 6.07) is 7.12. The van der Waals surface area contributed by atoms with Gasteiger partial charge in [0.05, 0.1) is 24.7 Å². The third-order valence-electron chi connectivity index (χ3n) is 3.05. The third kappa shape index (κ3) is 3.22. The fourth-order valence-electron chi connectivity index (χ4n) is 2.02. The molecule has 0 saturated carbocycles. The zero-order chi connectivity index (χ0) is 13.2. The monoisotopic (exact) mass is 271 g/mol. The number of rotatable bonds is 4. The summed E-state index contributed by atoms with van der Waals surface area (Å²) in [6.07, 6.45) is -0.812. The van der Waals surface area contributed by atoms with Gasteiger partial charge in [0.2, 0.25) is 0 Å². The van der Waals surface area contributed by atoms with E-state index in [0.717, 1.165) is 11.3 Å². The highest BCUT2D eigenvalue weighted by atomic mass is 32.2. The summed E-state index contributed by atoms with van der Waals surface area (Å²) in [7, 11) is -1.49. The maximum absolute atomic E-state index is 11.3. The number of ether oxygens (including phenoxy) is 1. The minimum Gasteiger partial charge on any atom is -0.497 e. The van der Waals surface area contributed by atoms with E-state index in [4.69, 9.17) is 4.74 Å². The van der Waals surface area contributed by atoms with Crippen LogP contribution in [0.25, 0.3) is 0 Å². The molecule has 0 aliphatic carbocycles. The first kappa shape index (κ1) is 13.3. The summed E-state index contributed by atoms with van der Waals surface area (Å²) in [5, 5.41) is 12.7. The van der Waals surface area contributed by atoms with E-state index in [-0.39, 0.29) is 17.5 Å². The molecule has 0 amide bonds. The largest absolute Gasteiger partial charge is 0.497 e. The molecule has 100 valence electrons. The quantitative estimate of drug-likeness (QED) is 0.802. The highest BCUT2D eigenvalue weighted by Gasteiger charge is 2.35. The molecular formula is C12H17NO4S. The number of aliphatic hydroxyl groups is 1. The standard InChI is InChI=1S/C12H17NO4S/c1-17-10-4-2-9(3-5-10)6-13-11-7-18(15,16)8-12(11)14/h2-5,11-14H,6-8H2,1H3. The number of hydrogen-bond acceptors (Lipinski definition) is 5. The summed E-state index contributed by atoms with van der Waals surface area (Å²) in [5.41, 5.74) is 1.02. The molecule has 1 aliphatic heterocycles. The summed E-state index contributed by atoms with van der Waals surface area (Å²) in [6.45, 7) is 0.529. The van der Waals surface area contributed by atoms with Gasteiger partial charge in [0.1, 0.15) is 5.75 Å². The van der Waals surface area contributed by atoms with Gasteiger partial charge in [0, 0.05) is 12.6 Å². The van der Waals surface area contributed by atoms with Gasteiger partial charge in [-0.15, -0.1) is 0 Å². The van der Waals surface area contributed by atoms with Gasteiger partial charge in [-0.25, -0.2) is 8.42 Å². The molecule has 2 atom stereocenters. The molecule has 0 aromatic heterocycles. The number of hydrogen-bond donors (Lipinski definition) is 2. The van der Waals surface area contributed by atoms with E-state index in [9.17, 15) is 13.5 Å². The highest BCUT2D eigenvalue weighted by molar-refractivity contribution is 7.91. The molecular weight excluding hydrogens is 254 g/mol. The zero-order valence-electron chi connectivity index (χ0n) is 10.2. The SMILES string of the molecule is COc1ccc(CNC2CS(=O)(=O)CC2O)cc1. The van der Waals surface area contributed by atoms with Crippen LogP contribution in [0, 0.1) is 0 Å². The Morgan fingerprint density at radius 3 is 2.50 bits per heavy atom. The molecule has 0 bridgehead atoms. The Morgan fingerprint density at radius 2 is 2.00 bits per heavy atom. The molecule has 0 spiro atoms. The van der Waals surface area contributed by atoms with Crippen LogP contribution in [0.2, 0.25) is 0 Å². The first-order valence-electron chi connectivity index (χ1n) is 5.75. The zero-order valence-corrected chi connectivity index (χ0v) is 11.0. The molecule has 1 saturated heterocycles. The number of sulfone groups is 1. The van der Waals surface area contributed by atoms with Crippen molar-refractivity contribution in [1.82, 2.24) is 5.32 Å². The lowest BCUT2D eigenvalue weighted by atomic mass is 10.1. The average Bonchev–Trinajstić information content (AvgIpc) is 2.60. The van der Waals surface area contributed by atoms with Crippen molar-refractivity contribution in [3.05, 3.63) is 29.8 Å². The number of nitrogens with one attached hydrogen (secondary N) is 1. The van der Waals surface area contributed by atoms with Crippen molar-refractivity contribution in [2.75, 3.05) is 18.6 Å². The van der Waals surface area contributed by atoms with Gasteiger partial charge in [0.25, 0.3) is 0 Å². The van der Waals surface area contributed by atoms with Gasteiger partial charge in [-0.3, -0.25) is 0 Å². The fourth-order valence-corrected chi connectivity index (χ4v) is 3.79. The van der Waals surface area contributed by atoms with Crippen molar-refractivity contribution in [2.45, 2.75) is 18.7 Å². The van der Waals surface area contributed by atoms with E-state index in [2.05, 4.69) is 5.32 Å². The van der Waals surface area contributed by atoms with Gasteiger partial charge < -0.3 is 15.2 Å². The van der Waals surface area contributed by atoms with Crippen LogP contribution in [0.4, 0.5) is 0 Å². The summed E-state index contributed by atoms with van der Waals surface area (Å²) in [4.78, 5) is 0. The van der Waals surface area contributed by atoms with E-state index in [0.29, 0.717) is 6.54 Å². The van der Waals surface area contributed by atoms with Gasteiger partial charge >= 0.3 is 0 Å². The van der Waals surface area contributed by atoms with Gasteiger partial charge in [-0.05, 0) is 17.7 Å². The van der Waals surface area contributed by atoms with Crippen LogP contribution >= 0.6 is 0 Å². The summed E-state index contributed by atoms with van der Waals surface area (Å²) in [5.74, 6) is 0.639. The minimum absolute atomic E-state index is 0.00429. The Bertz CT molecular complexity index is 497. The topological polar surface area (TPSA) is 75.6 Å². The molecule has 1 aliphatic rings. The second kappa shape index (κ2) is 5.26. The van der Waals surface area contributed by atoms with Crippen molar-refractivity contribution in [1.29, 1.82) is 0 Å². The molecule has 6 heteroatoms. The van der Waals surface area contributed by atoms with Crippen LogP contribution in [0.1, 0.15) is 5.56 Å². The maximum Gasteiger partial charge on any atom is 0.154 e. The third-order valence-corrected chi connectivity index (χ3v) is 4.77. The lowest BCUT2D eigenvalue weighted by molar-refractivity contribution is 0.165. The Labute approximate surface area is 107 Å². The van der Waals surface area contributed by atoms with Crippen molar-refractivity contribution in [3.8, 4) is 5.75 Å². The smallest absolute Gasteiger partial charge is 0.154 e. The van der Waals surface area contributed by atoms with Gasteiger partial charge in [-0.1, -0.05) is 12.1 Å². The van der Waals surface area contributed by atoms with E-state index < -0.39 is 15.9 Å². The molecule has 1 heterocycles. The molecule has 2 unspecified atom stereocenters. The van der Waals surface area contributed by atoms with Crippen LogP contribution in [-0.4, -0.2) is 44.3 Å². The minimum atomic E-state index is -3.09. The van der Waals surface area contributed by atoms with E-state index >= 15 is 0 Å². The van der Waals surface area contributed by atoms with Crippen molar-refractivity contribution >= 4 is 9.84 Å². The molecule has 2 rings (SSSR count). The van der Waals surface area contributed by atoms with Gasteiger partial charge in [0.15, 0.2) is 9.84 Å². The number of benzene rings is 1. The molecule has 2 N–H and O–H groups in total. The van der Waals surface area contributed by atoms with Crippen LogP contribution in [0.3, 0.4) is 0 Å². The van der Waals surface area contributed by atoms with Crippen molar-refractivity contribution in [3.63, 3.8) is 0 Å². The molecule has 1 aromatic rings. The van der Waals surface area contributed by atoms with Crippen molar-refractivity contribution < 1.29 is 18.3 Å². The first-order chi connectivity index (χ1) is 8.50. The van der Waals surface area contributed by atoms with E-state index in [1.165, 1.54) is 0 Å². The lowest BCUT2D eigenvalue weighted by Crippen LogP contribution is -2.38. The van der Waals surface area contributed by atoms with Crippen molar-refractivity contribution in [2.24, 2.45) is 0 Å². The maximum atomic E-state index is 11.3. The molecule has 0 radical (unpaired) electrons. The molecule has 5 nitrogen and oxygen atoms in total. The highest BCUT2D eigenvalue weighted by Crippen LogP contribution is 2.14. The van der Waals surface area contributed by atoms with E-state index in [1.54, 1.807) is 7.11 Å². The second-order valence-corrected chi connectivity index (χ2v) is 6.63. The van der Waals surface area contributed by atoms with Crippen LogP contribution in [0.15, 0.2) is 24.3 Å². The van der Waals surface area contributed by atoms with Crippen LogP contribution < -0.4 is 10.1 Å². The van der Waals surface area contributed by atoms with E-state index in [1.807, 2.05) is 24.3 Å². The van der Waals surface area contributed by atoms with Gasteiger partial charge in [-0.2, -0.15) is 0 Å². The van der Waals surface area contributed by atoms with Crippen LogP contribution in [0.5, 0.6) is 5.75 Å². The Hall–Kier alpha value is -1.11. The van der Waals surface area contributed by atoms with Crippen LogP contribution in [-0.2, 0) is 16.4 Å². The predicted octanol–water partition coefficient (Wildman–Crippen LogP) is -0.0573. The second-order valence-electron chi connectivity index (χ2n) is 4.48. The normalized spacial score (nSPS) is 26.1. The number of aliphatic hydroxyl groups excluding tert-OH is 1.